The van der Waals surface area contributed by atoms with Gasteiger partial charge in [-0.25, -0.2) is 0 Å². The van der Waals surface area contributed by atoms with E-state index in [1.807, 2.05) is 25.1 Å². The maximum absolute atomic E-state index is 12.2. The summed E-state index contributed by atoms with van der Waals surface area (Å²) in [5.74, 6) is 0.785. The molecule has 0 unspecified atom stereocenters. The fourth-order valence-corrected chi connectivity index (χ4v) is 2.98. The summed E-state index contributed by atoms with van der Waals surface area (Å²) in [4.78, 5) is 15.4. The second-order valence-corrected chi connectivity index (χ2v) is 6.11. The number of piperazine rings is 1. The number of aryl methyl sites for hydroxylation is 1. The Morgan fingerprint density at radius 1 is 1.23 bits per heavy atom. The first-order valence-electron chi connectivity index (χ1n) is 8.24. The third kappa shape index (κ3) is 4.71. The van der Waals surface area contributed by atoms with Crippen molar-refractivity contribution in [2.24, 2.45) is 0 Å². The SMILES string of the molecule is CC[NH+]1CC[NH+](CCC(=O)Nc2cc(C)ccc2OC)CC1. The van der Waals surface area contributed by atoms with Gasteiger partial charge in [-0.2, -0.15) is 0 Å². The predicted octanol–water partition coefficient (Wildman–Crippen LogP) is -0.864. The van der Waals surface area contributed by atoms with Gasteiger partial charge < -0.3 is 19.9 Å². The molecule has 22 heavy (non-hydrogen) atoms. The topological polar surface area (TPSA) is 47.2 Å². The number of methoxy groups -OCH3 is 1. The van der Waals surface area contributed by atoms with Crippen LogP contribution in [0.15, 0.2) is 18.2 Å². The minimum absolute atomic E-state index is 0.0710. The molecule has 5 heteroatoms. The lowest BCUT2D eigenvalue weighted by Crippen LogP contribution is -3.28. The van der Waals surface area contributed by atoms with Gasteiger partial charge in [-0.3, -0.25) is 4.79 Å². The third-order valence-corrected chi connectivity index (χ3v) is 4.50. The standard InChI is InChI=1S/C17H27N3O2/c1-4-19-9-11-20(12-10-19)8-7-17(21)18-15-13-14(2)5-6-16(15)22-3/h5-6,13H,4,7-12H2,1-3H3,(H,18,21)/p+2. The van der Waals surface area contributed by atoms with E-state index in [-0.39, 0.29) is 5.91 Å². The Balaban J connectivity index is 1.80. The van der Waals surface area contributed by atoms with Crippen LogP contribution in [0.3, 0.4) is 0 Å². The quantitative estimate of drug-likeness (QED) is 0.640. The summed E-state index contributed by atoms with van der Waals surface area (Å²) in [7, 11) is 1.63. The van der Waals surface area contributed by atoms with Crippen LogP contribution in [0.2, 0.25) is 0 Å². The molecular weight excluding hydrogens is 278 g/mol. The number of benzene rings is 1. The van der Waals surface area contributed by atoms with E-state index in [0.717, 1.165) is 17.8 Å². The first kappa shape index (κ1) is 16.8. The lowest BCUT2D eigenvalue weighted by atomic mass is 10.2. The maximum atomic E-state index is 12.2. The number of hydrogen-bond donors (Lipinski definition) is 3. The summed E-state index contributed by atoms with van der Waals surface area (Å²) >= 11 is 0. The van der Waals surface area contributed by atoms with Crippen LogP contribution in [0.4, 0.5) is 5.69 Å². The maximum Gasteiger partial charge on any atom is 0.230 e. The number of anilines is 1. The number of carbonyl (C=O) groups excluding carboxylic acids is 1. The average Bonchev–Trinajstić information content (AvgIpc) is 2.53. The highest BCUT2D eigenvalue weighted by Crippen LogP contribution is 2.25. The highest BCUT2D eigenvalue weighted by Gasteiger charge is 2.22. The summed E-state index contributed by atoms with van der Waals surface area (Å²) in [5, 5.41) is 2.98. The molecule has 1 heterocycles. The Morgan fingerprint density at radius 3 is 2.55 bits per heavy atom. The summed E-state index contributed by atoms with van der Waals surface area (Å²) in [6, 6.07) is 5.82. The Hall–Kier alpha value is -1.59. The molecule has 1 amide bonds. The van der Waals surface area contributed by atoms with Crippen molar-refractivity contribution in [3.05, 3.63) is 23.8 Å². The summed E-state index contributed by atoms with van der Waals surface area (Å²) < 4.78 is 5.30. The van der Waals surface area contributed by atoms with Crippen LogP contribution < -0.4 is 19.9 Å². The molecule has 0 radical (unpaired) electrons. The molecule has 1 saturated heterocycles. The molecule has 0 spiro atoms. The van der Waals surface area contributed by atoms with E-state index >= 15 is 0 Å². The van der Waals surface area contributed by atoms with Crippen LogP contribution in [-0.2, 0) is 4.79 Å². The second kappa shape index (κ2) is 8.15. The monoisotopic (exact) mass is 307 g/mol. The molecule has 1 aromatic carbocycles. The molecule has 122 valence electrons. The highest BCUT2D eigenvalue weighted by atomic mass is 16.5. The van der Waals surface area contributed by atoms with Gasteiger partial charge >= 0.3 is 0 Å². The van der Waals surface area contributed by atoms with Crippen molar-refractivity contribution >= 4 is 11.6 Å². The number of ether oxygens (including phenoxy) is 1. The number of quaternary nitrogens is 2. The van der Waals surface area contributed by atoms with Crippen LogP contribution in [-0.4, -0.2) is 52.3 Å². The van der Waals surface area contributed by atoms with E-state index in [0.29, 0.717) is 12.2 Å². The summed E-state index contributed by atoms with van der Waals surface area (Å²) in [5.41, 5.74) is 1.88. The molecule has 0 atom stereocenters. The summed E-state index contributed by atoms with van der Waals surface area (Å²) in [6.45, 7) is 11.2. The number of amides is 1. The van der Waals surface area contributed by atoms with Crippen molar-refractivity contribution in [1.29, 1.82) is 0 Å². The molecule has 2 rings (SSSR count). The number of rotatable bonds is 6. The minimum atomic E-state index is 0.0710. The zero-order valence-corrected chi connectivity index (χ0v) is 14.0. The Morgan fingerprint density at radius 2 is 1.91 bits per heavy atom. The predicted molar refractivity (Wildman–Crippen MR) is 87.8 cm³/mol. The van der Waals surface area contributed by atoms with Crippen LogP contribution in [0.1, 0.15) is 18.9 Å². The number of hydrogen-bond acceptors (Lipinski definition) is 2. The smallest absolute Gasteiger partial charge is 0.230 e. The largest absolute Gasteiger partial charge is 0.495 e. The average molecular weight is 307 g/mol. The van der Waals surface area contributed by atoms with Crippen molar-refractivity contribution in [2.75, 3.05) is 51.7 Å². The molecular formula is C17H29N3O2+2. The van der Waals surface area contributed by atoms with E-state index < -0.39 is 0 Å². The molecule has 5 nitrogen and oxygen atoms in total. The van der Waals surface area contributed by atoms with Crippen LogP contribution in [0.5, 0.6) is 5.75 Å². The Labute approximate surface area is 133 Å². The number of likely N-dealkylation sites (N-methyl/N-ethyl adjacent to an activating group) is 1. The lowest BCUT2D eigenvalue weighted by molar-refractivity contribution is -1.01. The first-order chi connectivity index (χ1) is 10.6. The second-order valence-electron chi connectivity index (χ2n) is 6.11. The van der Waals surface area contributed by atoms with Gasteiger partial charge in [-0.15, -0.1) is 0 Å². The summed E-state index contributed by atoms with van der Waals surface area (Å²) in [6.07, 6.45) is 0.563. The Bertz CT molecular complexity index is 497. The lowest BCUT2D eigenvalue weighted by Gasteiger charge is -2.28. The molecule has 0 bridgehead atoms. The minimum Gasteiger partial charge on any atom is -0.495 e. The van der Waals surface area contributed by atoms with E-state index in [1.54, 1.807) is 16.9 Å². The van der Waals surface area contributed by atoms with E-state index in [9.17, 15) is 4.79 Å². The number of nitrogens with one attached hydrogen (secondary N) is 3. The van der Waals surface area contributed by atoms with E-state index in [2.05, 4.69) is 12.2 Å². The van der Waals surface area contributed by atoms with Gasteiger partial charge in [0.1, 0.15) is 31.9 Å². The van der Waals surface area contributed by atoms with Gasteiger partial charge in [0.05, 0.1) is 32.3 Å². The molecule has 1 aromatic rings. The van der Waals surface area contributed by atoms with Crippen molar-refractivity contribution < 1.29 is 19.3 Å². The molecule has 3 N–H and O–H groups in total. The molecule has 1 aliphatic rings. The van der Waals surface area contributed by atoms with Gasteiger partial charge in [-0.1, -0.05) is 6.07 Å². The van der Waals surface area contributed by atoms with Crippen molar-refractivity contribution in [3.63, 3.8) is 0 Å². The van der Waals surface area contributed by atoms with E-state index in [1.165, 1.54) is 32.7 Å². The highest BCUT2D eigenvalue weighted by molar-refractivity contribution is 5.92. The molecule has 0 aromatic heterocycles. The number of carbonyl (C=O) groups is 1. The molecule has 0 saturated carbocycles. The zero-order chi connectivity index (χ0) is 15.9. The fourth-order valence-electron chi connectivity index (χ4n) is 2.98. The van der Waals surface area contributed by atoms with Crippen LogP contribution in [0.25, 0.3) is 0 Å². The van der Waals surface area contributed by atoms with Crippen molar-refractivity contribution in [2.45, 2.75) is 20.3 Å². The van der Waals surface area contributed by atoms with Crippen LogP contribution in [0, 0.1) is 6.92 Å². The Kier molecular flexibility index (Phi) is 6.21. The van der Waals surface area contributed by atoms with Gasteiger partial charge in [0, 0.05) is 0 Å². The normalized spacial score (nSPS) is 21.4. The van der Waals surface area contributed by atoms with E-state index in [4.69, 9.17) is 4.74 Å². The fraction of sp³-hybridized carbons (Fsp3) is 0.588. The molecule has 1 fully saturated rings. The van der Waals surface area contributed by atoms with Gasteiger partial charge in [0.2, 0.25) is 5.91 Å². The third-order valence-electron chi connectivity index (χ3n) is 4.50. The van der Waals surface area contributed by atoms with Gasteiger partial charge in [0.15, 0.2) is 0 Å². The molecule has 0 aliphatic carbocycles. The van der Waals surface area contributed by atoms with Crippen LogP contribution >= 0.6 is 0 Å². The zero-order valence-electron chi connectivity index (χ0n) is 14.0. The van der Waals surface area contributed by atoms with Gasteiger partial charge in [-0.05, 0) is 31.5 Å². The molecule has 1 aliphatic heterocycles. The van der Waals surface area contributed by atoms with Gasteiger partial charge in [0.25, 0.3) is 0 Å². The van der Waals surface area contributed by atoms with Crippen molar-refractivity contribution in [3.8, 4) is 5.75 Å². The first-order valence-corrected chi connectivity index (χ1v) is 8.24. The van der Waals surface area contributed by atoms with Crippen molar-refractivity contribution in [1.82, 2.24) is 0 Å².